The summed E-state index contributed by atoms with van der Waals surface area (Å²) in [5, 5.41) is 24.4. The van der Waals surface area contributed by atoms with Crippen LogP contribution in [0.1, 0.15) is 64.2 Å². The van der Waals surface area contributed by atoms with E-state index in [0.717, 1.165) is 56.4 Å². The summed E-state index contributed by atoms with van der Waals surface area (Å²) in [6, 6.07) is 0. The van der Waals surface area contributed by atoms with Crippen LogP contribution < -0.4 is 0 Å². The van der Waals surface area contributed by atoms with Gasteiger partial charge in [-0.3, -0.25) is 10.0 Å². The fraction of sp³-hybridized carbons (Fsp3) is 0.857. The first-order valence-corrected chi connectivity index (χ1v) is 7.44. The summed E-state index contributed by atoms with van der Waals surface area (Å²) >= 11 is 0. The quantitative estimate of drug-likeness (QED) is 0.402. The first-order valence-electron chi connectivity index (χ1n) is 7.44. The molecular formula is C14H22N2O3. The number of amides is 1. The van der Waals surface area contributed by atoms with Gasteiger partial charge in [0, 0.05) is 0 Å². The third kappa shape index (κ3) is 1.57. The van der Waals surface area contributed by atoms with E-state index < -0.39 is 11.0 Å². The maximum Gasteiger partial charge on any atom is 0.258 e. The molecule has 0 aromatic heterocycles. The standard InChI is InChI=1S/C14H22N2O3/c17-12-13(7-3-1-4-8-13)11(15-18)14(16(12)19)9-5-2-6-10-14/h18-19H,1-10H2/b15-11-. The van der Waals surface area contributed by atoms with E-state index >= 15 is 0 Å². The highest BCUT2D eigenvalue weighted by Crippen LogP contribution is 2.52. The van der Waals surface area contributed by atoms with E-state index in [0.29, 0.717) is 18.6 Å². The Balaban J connectivity index is 2.05. The smallest absolute Gasteiger partial charge is 0.258 e. The highest BCUT2D eigenvalue weighted by atomic mass is 16.5. The predicted octanol–water partition coefficient (Wildman–Crippen LogP) is 2.70. The summed E-state index contributed by atoms with van der Waals surface area (Å²) in [6.07, 6.45) is 8.98. The molecule has 5 heteroatoms. The third-order valence-electron chi connectivity index (χ3n) is 5.39. The molecule has 1 amide bonds. The number of oxime groups is 1. The van der Waals surface area contributed by atoms with Crippen molar-refractivity contribution in [3.05, 3.63) is 0 Å². The number of carbonyl (C=O) groups excluding carboxylic acids is 1. The second-order valence-electron chi connectivity index (χ2n) is 6.30. The number of hydrogen-bond donors (Lipinski definition) is 2. The van der Waals surface area contributed by atoms with E-state index in [9.17, 15) is 15.2 Å². The van der Waals surface area contributed by atoms with Crippen molar-refractivity contribution in [1.29, 1.82) is 0 Å². The van der Waals surface area contributed by atoms with Gasteiger partial charge in [0.2, 0.25) is 0 Å². The van der Waals surface area contributed by atoms with Crippen LogP contribution in [0.3, 0.4) is 0 Å². The van der Waals surface area contributed by atoms with Crippen molar-refractivity contribution in [3.63, 3.8) is 0 Å². The van der Waals surface area contributed by atoms with Gasteiger partial charge in [0.15, 0.2) is 0 Å². The zero-order valence-corrected chi connectivity index (χ0v) is 11.3. The molecule has 0 bridgehead atoms. The van der Waals surface area contributed by atoms with Crippen LogP contribution in [0.15, 0.2) is 5.16 Å². The summed E-state index contributed by atoms with van der Waals surface area (Å²) < 4.78 is 0. The van der Waals surface area contributed by atoms with Crippen molar-refractivity contribution in [2.75, 3.05) is 0 Å². The highest BCUT2D eigenvalue weighted by molar-refractivity contribution is 6.18. The molecular weight excluding hydrogens is 244 g/mol. The minimum absolute atomic E-state index is 0.234. The normalized spacial score (nSPS) is 31.5. The van der Waals surface area contributed by atoms with Gasteiger partial charge in [-0.15, -0.1) is 0 Å². The van der Waals surface area contributed by atoms with Gasteiger partial charge >= 0.3 is 0 Å². The van der Waals surface area contributed by atoms with E-state index in [-0.39, 0.29) is 5.91 Å². The molecule has 3 aliphatic rings. The average molecular weight is 266 g/mol. The van der Waals surface area contributed by atoms with Crippen LogP contribution in [-0.4, -0.2) is 32.6 Å². The van der Waals surface area contributed by atoms with Gasteiger partial charge in [-0.25, -0.2) is 5.06 Å². The Morgan fingerprint density at radius 1 is 0.947 bits per heavy atom. The van der Waals surface area contributed by atoms with Gasteiger partial charge in [-0.1, -0.05) is 43.7 Å². The molecule has 1 saturated heterocycles. The lowest BCUT2D eigenvalue weighted by molar-refractivity contribution is -0.185. The second kappa shape index (κ2) is 4.47. The zero-order valence-electron chi connectivity index (χ0n) is 11.3. The molecule has 0 atom stereocenters. The van der Waals surface area contributed by atoms with Crippen molar-refractivity contribution in [2.24, 2.45) is 10.6 Å². The molecule has 0 radical (unpaired) electrons. The van der Waals surface area contributed by atoms with Crippen molar-refractivity contribution in [2.45, 2.75) is 69.7 Å². The molecule has 19 heavy (non-hydrogen) atoms. The van der Waals surface area contributed by atoms with Crippen molar-refractivity contribution < 1.29 is 15.2 Å². The van der Waals surface area contributed by atoms with E-state index in [1.54, 1.807) is 0 Å². The Bertz CT molecular complexity index is 407. The molecule has 2 spiro atoms. The first kappa shape index (κ1) is 12.9. The number of carbonyl (C=O) groups is 1. The van der Waals surface area contributed by atoms with Gasteiger partial charge < -0.3 is 5.21 Å². The van der Waals surface area contributed by atoms with Crippen LogP contribution in [0.25, 0.3) is 0 Å². The Labute approximate surface area is 113 Å². The zero-order chi connectivity index (χ0) is 13.5. The summed E-state index contributed by atoms with van der Waals surface area (Å²) in [6.45, 7) is 0. The maximum atomic E-state index is 12.6. The van der Waals surface area contributed by atoms with Gasteiger partial charge in [0.25, 0.3) is 5.91 Å². The summed E-state index contributed by atoms with van der Waals surface area (Å²) in [5.41, 5.74) is -0.896. The van der Waals surface area contributed by atoms with E-state index in [1.807, 2.05) is 0 Å². The lowest BCUT2D eigenvalue weighted by atomic mass is 9.66. The molecule has 2 aliphatic carbocycles. The monoisotopic (exact) mass is 266 g/mol. The van der Waals surface area contributed by atoms with Gasteiger partial charge in [-0.05, 0) is 25.7 Å². The number of hydrogen-bond acceptors (Lipinski definition) is 4. The molecule has 0 aromatic carbocycles. The minimum atomic E-state index is -0.723. The van der Waals surface area contributed by atoms with Gasteiger partial charge in [0.05, 0.1) is 5.41 Å². The summed E-state index contributed by atoms with van der Waals surface area (Å²) in [4.78, 5) is 12.6. The molecule has 3 rings (SSSR count). The molecule has 3 fully saturated rings. The molecule has 5 nitrogen and oxygen atoms in total. The summed E-state index contributed by atoms with van der Waals surface area (Å²) in [5.74, 6) is -0.234. The largest absolute Gasteiger partial charge is 0.411 e. The lowest BCUT2D eigenvalue weighted by Crippen LogP contribution is -2.50. The van der Waals surface area contributed by atoms with E-state index in [1.165, 1.54) is 0 Å². The van der Waals surface area contributed by atoms with Crippen LogP contribution in [0.4, 0.5) is 0 Å². The summed E-state index contributed by atoms with van der Waals surface area (Å²) in [7, 11) is 0. The molecule has 106 valence electrons. The maximum absolute atomic E-state index is 12.6. The van der Waals surface area contributed by atoms with Crippen molar-refractivity contribution in [1.82, 2.24) is 5.06 Å². The molecule has 2 N–H and O–H groups in total. The molecule has 1 heterocycles. The van der Waals surface area contributed by atoms with Crippen LogP contribution in [0.5, 0.6) is 0 Å². The molecule has 0 aromatic rings. The predicted molar refractivity (Wildman–Crippen MR) is 69.2 cm³/mol. The van der Waals surface area contributed by atoms with Crippen LogP contribution >= 0.6 is 0 Å². The molecule has 2 saturated carbocycles. The molecule has 0 unspecified atom stereocenters. The molecule has 1 aliphatic heterocycles. The number of rotatable bonds is 0. The fourth-order valence-corrected chi connectivity index (χ4v) is 4.42. The number of nitrogens with zero attached hydrogens (tertiary/aromatic N) is 2. The van der Waals surface area contributed by atoms with Crippen LogP contribution in [-0.2, 0) is 4.79 Å². The van der Waals surface area contributed by atoms with Crippen LogP contribution in [0.2, 0.25) is 0 Å². The fourth-order valence-electron chi connectivity index (χ4n) is 4.42. The van der Waals surface area contributed by atoms with Crippen molar-refractivity contribution >= 4 is 11.6 Å². The Hall–Kier alpha value is -1.10. The average Bonchev–Trinajstić information content (AvgIpc) is 2.61. The highest BCUT2D eigenvalue weighted by Gasteiger charge is 2.65. The van der Waals surface area contributed by atoms with Gasteiger partial charge in [-0.2, -0.15) is 0 Å². The Kier molecular flexibility index (Phi) is 3.04. The Morgan fingerprint density at radius 3 is 2.00 bits per heavy atom. The Morgan fingerprint density at radius 2 is 1.47 bits per heavy atom. The van der Waals surface area contributed by atoms with Gasteiger partial charge in [0.1, 0.15) is 11.3 Å². The number of hydroxylamine groups is 2. The van der Waals surface area contributed by atoms with Crippen molar-refractivity contribution in [3.8, 4) is 0 Å². The lowest BCUT2D eigenvalue weighted by Gasteiger charge is -2.38. The van der Waals surface area contributed by atoms with E-state index in [4.69, 9.17) is 0 Å². The van der Waals surface area contributed by atoms with Crippen LogP contribution in [0, 0.1) is 5.41 Å². The SMILES string of the molecule is O=C1N(O)C2(CCCCC2)/C(=N\O)C12CCCCC2. The topological polar surface area (TPSA) is 73.1 Å². The third-order valence-corrected chi connectivity index (χ3v) is 5.39. The first-order chi connectivity index (χ1) is 9.17. The second-order valence-corrected chi connectivity index (χ2v) is 6.30. The minimum Gasteiger partial charge on any atom is -0.411 e. The van der Waals surface area contributed by atoms with E-state index in [2.05, 4.69) is 5.16 Å².